The molecule has 0 aliphatic heterocycles. The molecule has 0 aliphatic rings. The van der Waals surface area contributed by atoms with E-state index >= 15 is 0 Å². The van der Waals surface area contributed by atoms with Gasteiger partial charge in [-0.15, -0.1) is 0 Å². The van der Waals surface area contributed by atoms with Crippen LogP contribution in [0.3, 0.4) is 0 Å². The van der Waals surface area contributed by atoms with E-state index in [0.29, 0.717) is 0 Å². The lowest BCUT2D eigenvalue weighted by Gasteiger charge is -2.05. The smallest absolute Gasteiger partial charge is 0.423 e. The molecule has 0 saturated heterocycles. The fourth-order valence-corrected chi connectivity index (χ4v) is 1.31. The van der Waals surface area contributed by atoms with E-state index in [9.17, 15) is 8.78 Å². The second kappa shape index (κ2) is 4.17. The van der Waals surface area contributed by atoms with E-state index in [1.807, 2.05) is 0 Å². The van der Waals surface area contributed by atoms with E-state index in [1.165, 1.54) is 12.1 Å². The third kappa shape index (κ3) is 2.49. The summed E-state index contributed by atoms with van der Waals surface area (Å²) < 4.78 is 24.8. The molecule has 6 heteroatoms. The molecule has 0 aliphatic carbocycles. The van der Waals surface area contributed by atoms with Gasteiger partial charge in [0.15, 0.2) is 0 Å². The van der Waals surface area contributed by atoms with Crippen LogP contribution in [0.4, 0.5) is 8.78 Å². The van der Waals surface area contributed by atoms with E-state index in [2.05, 4.69) is 15.9 Å². The Balaban J connectivity index is 3.11. The Hall–Kier alpha value is -0.455. The maximum absolute atomic E-state index is 12.3. The highest BCUT2D eigenvalue weighted by Gasteiger charge is 2.17. The van der Waals surface area contributed by atoms with Gasteiger partial charge in [-0.3, -0.25) is 0 Å². The molecule has 0 heterocycles. The predicted octanol–water partition coefficient (Wildman–Crippen LogP) is 1.07. The molecule has 0 saturated carbocycles. The average Bonchev–Trinajstić information content (AvgIpc) is 2.04. The average molecular weight is 251 g/mol. The molecular weight excluding hydrogens is 245 g/mol. The highest BCUT2D eigenvalue weighted by atomic mass is 79.9. The first-order chi connectivity index (χ1) is 6.02. The van der Waals surface area contributed by atoms with E-state index in [1.54, 1.807) is 0 Å². The van der Waals surface area contributed by atoms with E-state index in [0.717, 1.165) is 6.07 Å². The quantitative estimate of drug-likeness (QED) is 0.771. The number of alkyl halides is 2. The van der Waals surface area contributed by atoms with Crippen LogP contribution in [-0.2, 0) is 0 Å². The van der Waals surface area contributed by atoms with E-state index < -0.39 is 13.5 Å². The molecule has 0 fully saturated rings. The molecule has 1 aromatic carbocycles. The van der Waals surface area contributed by atoms with Gasteiger partial charge in [0.1, 0.15) is 0 Å². The zero-order chi connectivity index (χ0) is 10.0. The minimum absolute atomic E-state index is 0.0542. The molecule has 0 bridgehead atoms. The van der Waals surface area contributed by atoms with Gasteiger partial charge in [0.25, 0.3) is 6.43 Å². The van der Waals surface area contributed by atoms with Crippen molar-refractivity contribution in [3.63, 3.8) is 0 Å². The van der Waals surface area contributed by atoms with Crippen LogP contribution in [0, 0.1) is 0 Å². The molecule has 0 amide bonds. The summed E-state index contributed by atoms with van der Waals surface area (Å²) in [7, 11) is -1.72. The highest BCUT2D eigenvalue weighted by molar-refractivity contribution is 9.10. The van der Waals surface area contributed by atoms with Crippen molar-refractivity contribution in [3.8, 4) is 0 Å². The molecule has 0 unspecified atom stereocenters. The van der Waals surface area contributed by atoms with E-state index in [-0.39, 0.29) is 15.5 Å². The van der Waals surface area contributed by atoms with Gasteiger partial charge in [0, 0.05) is 10.0 Å². The van der Waals surface area contributed by atoms with Crippen LogP contribution in [0.2, 0.25) is 0 Å². The molecule has 2 nitrogen and oxygen atoms in total. The second-order valence-electron chi connectivity index (χ2n) is 2.46. The van der Waals surface area contributed by atoms with Crippen LogP contribution in [0.25, 0.3) is 0 Å². The summed E-state index contributed by atoms with van der Waals surface area (Å²) in [5.41, 5.74) is -0.191. The number of rotatable bonds is 2. The minimum Gasteiger partial charge on any atom is -0.423 e. The Kier molecular flexibility index (Phi) is 3.41. The summed E-state index contributed by atoms with van der Waals surface area (Å²) in [5, 5.41) is 17.4. The van der Waals surface area contributed by atoms with Gasteiger partial charge in [-0.05, 0) is 11.5 Å². The molecule has 0 aromatic heterocycles. The third-order valence-corrected chi connectivity index (χ3v) is 2.28. The summed E-state index contributed by atoms with van der Waals surface area (Å²) in [5.74, 6) is 0. The van der Waals surface area contributed by atoms with Crippen molar-refractivity contribution < 1.29 is 18.8 Å². The summed E-state index contributed by atoms with van der Waals surface area (Å²) in [6.07, 6.45) is -2.63. The largest absolute Gasteiger partial charge is 0.488 e. The molecule has 0 atom stereocenters. The van der Waals surface area contributed by atoms with Gasteiger partial charge in [0.2, 0.25) is 0 Å². The van der Waals surface area contributed by atoms with Crippen molar-refractivity contribution in [2.24, 2.45) is 0 Å². The Morgan fingerprint density at radius 2 is 1.92 bits per heavy atom. The standard InChI is InChI=1S/C7H6BBrF2O2/c9-6-2-1-4(8(12)13)3-5(6)7(10)11/h1-3,7,12-13H. The zero-order valence-corrected chi connectivity index (χ0v) is 8.00. The number of hydrogen-bond acceptors (Lipinski definition) is 2. The predicted molar refractivity (Wildman–Crippen MR) is 48.9 cm³/mol. The first-order valence-electron chi connectivity index (χ1n) is 3.46. The fourth-order valence-electron chi connectivity index (χ4n) is 0.890. The van der Waals surface area contributed by atoms with Crippen molar-refractivity contribution in [1.29, 1.82) is 0 Å². The zero-order valence-electron chi connectivity index (χ0n) is 6.42. The van der Waals surface area contributed by atoms with Gasteiger partial charge in [-0.1, -0.05) is 28.1 Å². The Bertz CT molecular complexity index is 307. The lowest BCUT2D eigenvalue weighted by atomic mass is 9.80. The number of halogens is 3. The lowest BCUT2D eigenvalue weighted by molar-refractivity contribution is 0.150. The van der Waals surface area contributed by atoms with Crippen molar-refractivity contribution in [2.75, 3.05) is 0 Å². The number of hydrogen-bond donors (Lipinski definition) is 2. The molecule has 0 spiro atoms. The van der Waals surface area contributed by atoms with Crippen LogP contribution in [-0.4, -0.2) is 17.2 Å². The summed E-state index contributed by atoms with van der Waals surface area (Å²) in [6, 6.07) is 3.77. The molecule has 1 rings (SSSR count). The van der Waals surface area contributed by atoms with Crippen LogP contribution in [0.1, 0.15) is 12.0 Å². The molecule has 1 aromatic rings. The van der Waals surface area contributed by atoms with Crippen molar-refractivity contribution in [3.05, 3.63) is 28.2 Å². The maximum Gasteiger partial charge on any atom is 0.488 e. The van der Waals surface area contributed by atoms with Crippen LogP contribution in [0.5, 0.6) is 0 Å². The Labute approximate surface area is 82.5 Å². The molecule has 2 N–H and O–H groups in total. The normalized spacial score (nSPS) is 10.6. The molecule has 0 radical (unpaired) electrons. The summed E-state index contributed by atoms with van der Waals surface area (Å²) in [6.45, 7) is 0. The summed E-state index contributed by atoms with van der Waals surface area (Å²) >= 11 is 2.94. The summed E-state index contributed by atoms with van der Waals surface area (Å²) in [4.78, 5) is 0. The number of benzene rings is 1. The first-order valence-corrected chi connectivity index (χ1v) is 4.25. The SMILES string of the molecule is OB(O)c1ccc(Br)c(C(F)F)c1. The second-order valence-corrected chi connectivity index (χ2v) is 3.31. The first kappa shape index (κ1) is 10.6. The van der Waals surface area contributed by atoms with Crippen LogP contribution >= 0.6 is 15.9 Å². The fraction of sp³-hybridized carbons (Fsp3) is 0.143. The monoisotopic (exact) mass is 250 g/mol. The molecule has 13 heavy (non-hydrogen) atoms. The third-order valence-electron chi connectivity index (χ3n) is 1.55. The lowest BCUT2D eigenvalue weighted by Crippen LogP contribution is -2.30. The Morgan fingerprint density at radius 1 is 1.31 bits per heavy atom. The van der Waals surface area contributed by atoms with Crippen molar-refractivity contribution >= 4 is 28.5 Å². The maximum atomic E-state index is 12.3. The van der Waals surface area contributed by atoms with Gasteiger partial charge >= 0.3 is 7.12 Å². The van der Waals surface area contributed by atoms with E-state index in [4.69, 9.17) is 10.0 Å². The van der Waals surface area contributed by atoms with Gasteiger partial charge in [0.05, 0.1) is 0 Å². The highest BCUT2D eigenvalue weighted by Crippen LogP contribution is 2.25. The van der Waals surface area contributed by atoms with Gasteiger partial charge in [-0.25, -0.2) is 8.78 Å². The molecular formula is C7H6BBrF2O2. The van der Waals surface area contributed by atoms with Gasteiger partial charge in [-0.2, -0.15) is 0 Å². The minimum atomic E-state index is -2.63. The van der Waals surface area contributed by atoms with Crippen molar-refractivity contribution in [2.45, 2.75) is 6.43 Å². The Morgan fingerprint density at radius 3 is 2.38 bits per heavy atom. The van der Waals surface area contributed by atoms with Gasteiger partial charge < -0.3 is 10.0 Å². The van der Waals surface area contributed by atoms with Crippen molar-refractivity contribution in [1.82, 2.24) is 0 Å². The van der Waals surface area contributed by atoms with Crippen LogP contribution in [0.15, 0.2) is 22.7 Å². The topological polar surface area (TPSA) is 40.5 Å². The van der Waals surface area contributed by atoms with Crippen LogP contribution < -0.4 is 5.46 Å². The molecule has 70 valence electrons.